The SMILES string of the molecule is CCC(C)CC(C)(C)[C@@H](O)C(=O)NCCC(=O)O. The third-order valence-corrected chi connectivity index (χ3v) is 3.20. The number of amides is 1. The van der Waals surface area contributed by atoms with Crippen LogP contribution in [-0.4, -0.2) is 34.7 Å². The molecular formula is C13H25NO4. The van der Waals surface area contributed by atoms with Gasteiger partial charge in [0.1, 0.15) is 6.10 Å². The summed E-state index contributed by atoms with van der Waals surface area (Å²) in [5.74, 6) is -1.03. The number of rotatable bonds is 8. The van der Waals surface area contributed by atoms with E-state index in [9.17, 15) is 14.7 Å². The molecule has 0 bridgehead atoms. The molecule has 5 nitrogen and oxygen atoms in total. The summed E-state index contributed by atoms with van der Waals surface area (Å²) < 4.78 is 0. The lowest BCUT2D eigenvalue weighted by atomic mass is 9.77. The Kier molecular flexibility index (Phi) is 6.91. The van der Waals surface area contributed by atoms with Crippen LogP contribution in [0, 0.1) is 11.3 Å². The number of carboxylic acids is 1. The van der Waals surface area contributed by atoms with E-state index >= 15 is 0 Å². The van der Waals surface area contributed by atoms with Crippen molar-refractivity contribution in [2.75, 3.05) is 6.54 Å². The molecule has 18 heavy (non-hydrogen) atoms. The van der Waals surface area contributed by atoms with Gasteiger partial charge in [-0.25, -0.2) is 0 Å². The van der Waals surface area contributed by atoms with E-state index in [2.05, 4.69) is 19.2 Å². The molecule has 0 aliphatic rings. The fourth-order valence-electron chi connectivity index (χ4n) is 1.90. The Hall–Kier alpha value is -1.10. The minimum Gasteiger partial charge on any atom is -0.481 e. The van der Waals surface area contributed by atoms with Crippen LogP contribution in [0.15, 0.2) is 0 Å². The molecular weight excluding hydrogens is 234 g/mol. The molecule has 0 spiro atoms. The van der Waals surface area contributed by atoms with Crippen molar-refractivity contribution < 1.29 is 19.8 Å². The van der Waals surface area contributed by atoms with Crippen LogP contribution in [0.3, 0.4) is 0 Å². The fraction of sp³-hybridized carbons (Fsp3) is 0.846. The maximum absolute atomic E-state index is 11.7. The molecule has 0 rings (SSSR count). The molecule has 2 atom stereocenters. The zero-order valence-electron chi connectivity index (χ0n) is 11.7. The van der Waals surface area contributed by atoms with Gasteiger partial charge in [0.15, 0.2) is 0 Å². The van der Waals surface area contributed by atoms with E-state index in [1.807, 2.05) is 13.8 Å². The number of hydrogen-bond acceptors (Lipinski definition) is 3. The van der Waals surface area contributed by atoms with Gasteiger partial charge in [0, 0.05) is 6.54 Å². The van der Waals surface area contributed by atoms with Gasteiger partial charge in [-0.1, -0.05) is 34.1 Å². The molecule has 0 heterocycles. The summed E-state index contributed by atoms with van der Waals surface area (Å²) in [5, 5.41) is 20.9. The molecule has 0 aromatic rings. The minimum absolute atomic E-state index is 0.0463. The maximum Gasteiger partial charge on any atom is 0.305 e. The first-order chi connectivity index (χ1) is 8.20. The van der Waals surface area contributed by atoms with Gasteiger partial charge in [-0.15, -0.1) is 0 Å². The first-order valence-electron chi connectivity index (χ1n) is 6.38. The highest BCUT2D eigenvalue weighted by Gasteiger charge is 2.34. The number of aliphatic hydroxyl groups excluding tert-OH is 1. The molecule has 3 N–H and O–H groups in total. The summed E-state index contributed by atoms with van der Waals surface area (Å²) in [5.41, 5.74) is -0.511. The highest BCUT2D eigenvalue weighted by Crippen LogP contribution is 2.30. The van der Waals surface area contributed by atoms with Crippen molar-refractivity contribution in [1.29, 1.82) is 0 Å². The van der Waals surface area contributed by atoms with Crippen LogP contribution in [0.4, 0.5) is 0 Å². The normalized spacial score (nSPS) is 14.9. The standard InChI is InChI=1S/C13H25NO4/c1-5-9(2)8-13(3,4)11(17)12(18)14-7-6-10(15)16/h9,11,17H,5-8H2,1-4H3,(H,14,18)(H,15,16)/t9?,11-/m0/s1. The molecule has 0 aromatic carbocycles. The molecule has 106 valence electrons. The van der Waals surface area contributed by atoms with Crippen LogP contribution in [0.25, 0.3) is 0 Å². The lowest BCUT2D eigenvalue weighted by molar-refractivity contribution is -0.138. The van der Waals surface area contributed by atoms with Gasteiger partial charge >= 0.3 is 5.97 Å². The van der Waals surface area contributed by atoms with Crippen LogP contribution in [0.5, 0.6) is 0 Å². The van der Waals surface area contributed by atoms with Crippen LogP contribution < -0.4 is 5.32 Å². The highest BCUT2D eigenvalue weighted by atomic mass is 16.4. The second-order valence-electron chi connectivity index (χ2n) is 5.54. The van der Waals surface area contributed by atoms with Crippen molar-refractivity contribution in [3.63, 3.8) is 0 Å². The van der Waals surface area contributed by atoms with Crippen molar-refractivity contribution in [2.24, 2.45) is 11.3 Å². The Morgan fingerprint density at radius 3 is 2.33 bits per heavy atom. The van der Waals surface area contributed by atoms with Crippen LogP contribution in [-0.2, 0) is 9.59 Å². The molecule has 0 aromatic heterocycles. The predicted octanol–water partition coefficient (Wildman–Crippen LogP) is 1.40. The average molecular weight is 259 g/mol. The lowest BCUT2D eigenvalue weighted by Crippen LogP contribution is -2.45. The summed E-state index contributed by atoms with van der Waals surface area (Å²) in [6.45, 7) is 7.89. The van der Waals surface area contributed by atoms with Crippen LogP contribution in [0.2, 0.25) is 0 Å². The van der Waals surface area contributed by atoms with E-state index in [1.54, 1.807) is 0 Å². The summed E-state index contributed by atoms with van der Waals surface area (Å²) in [6, 6.07) is 0. The van der Waals surface area contributed by atoms with Gasteiger partial charge in [0.25, 0.3) is 0 Å². The van der Waals surface area contributed by atoms with Crippen molar-refractivity contribution >= 4 is 11.9 Å². The number of hydrogen-bond donors (Lipinski definition) is 3. The quantitative estimate of drug-likeness (QED) is 0.615. The topological polar surface area (TPSA) is 86.6 Å². The summed E-state index contributed by atoms with van der Waals surface area (Å²) in [6.07, 6.45) is 0.498. The maximum atomic E-state index is 11.7. The summed E-state index contributed by atoms with van der Waals surface area (Å²) in [7, 11) is 0. The van der Waals surface area contributed by atoms with Gasteiger partial charge in [0.05, 0.1) is 6.42 Å². The summed E-state index contributed by atoms with van der Waals surface area (Å²) >= 11 is 0. The summed E-state index contributed by atoms with van der Waals surface area (Å²) in [4.78, 5) is 22.0. The van der Waals surface area contributed by atoms with E-state index in [4.69, 9.17) is 5.11 Å². The monoisotopic (exact) mass is 259 g/mol. The van der Waals surface area contributed by atoms with Crippen molar-refractivity contribution in [2.45, 2.75) is 53.1 Å². The number of carboxylic acid groups (broad SMARTS) is 1. The van der Waals surface area contributed by atoms with Crippen LogP contribution >= 0.6 is 0 Å². The molecule has 0 aliphatic carbocycles. The molecule has 5 heteroatoms. The average Bonchev–Trinajstić information content (AvgIpc) is 2.26. The fourth-order valence-corrected chi connectivity index (χ4v) is 1.90. The highest BCUT2D eigenvalue weighted by molar-refractivity contribution is 5.81. The molecule has 0 aliphatic heterocycles. The third-order valence-electron chi connectivity index (χ3n) is 3.20. The molecule has 0 radical (unpaired) electrons. The van der Waals surface area contributed by atoms with Gasteiger partial charge < -0.3 is 15.5 Å². The van der Waals surface area contributed by atoms with Crippen molar-refractivity contribution in [3.8, 4) is 0 Å². The zero-order chi connectivity index (χ0) is 14.3. The molecule has 0 saturated carbocycles. The largest absolute Gasteiger partial charge is 0.481 e. The molecule has 0 fully saturated rings. The number of nitrogens with one attached hydrogen (secondary N) is 1. The molecule has 0 saturated heterocycles. The third kappa shape index (κ3) is 6.00. The van der Waals surface area contributed by atoms with E-state index in [1.165, 1.54) is 0 Å². The van der Waals surface area contributed by atoms with E-state index < -0.39 is 23.4 Å². The Morgan fingerprint density at radius 2 is 1.89 bits per heavy atom. The van der Waals surface area contributed by atoms with Gasteiger partial charge in [-0.2, -0.15) is 0 Å². The molecule has 1 unspecified atom stereocenters. The van der Waals surface area contributed by atoms with Crippen LogP contribution in [0.1, 0.15) is 47.0 Å². The zero-order valence-corrected chi connectivity index (χ0v) is 11.7. The first-order valence-corrected chi connectivity index (χ1v) is 6.38. The van der Waals surface area contributed by atoms with Gasteiger partial charge in [-0.3, -0.25) is 9.59 Å². The Balaban J connectivity index is 4.29. The van der Waals surface area contributed by atoms with Crippen molar-refractivity contribution in [1.82, 2.24) is 5.32 Å². The Labute approximate surface area is 109 Å². The first kappa shape index (κ1) is 16.9. The van der Waals surface area contributed by atoms with Crippen molar-refractivity contribution in [3.05, 3.63) is 0 Å². The second kappa shape index (κ2) is 7.36. The Morgan fingerprint density at radius 1 is 1.33 bits per heavy atom. The van der Waals surface area contributed by atoms with E-state index in [0.717, 1.165) is 12.8 Å². The smallest absolute Gasteiger partial charge is 0.305 e. The minimum atomic E-state index is -1.11. The molecule has 1 amide bonds. The van der Waals surface area contributed by atoms with E-state index in [-0.39, 0.29) is 13.0 Å². The lowest BCUT2D eigenvalue weighted by Gasteiger charge is -2.31. The predicted molar refractivity (Wildman–Crippen MR) is 69.1 cm³/mol. The van der Waals surface area contributed by atoms with Gasteiger partial charge in [0.2, 0.25) is 5.91 Å². The van der Waals surface area contributed by atoms with E-state index in [0.29, 0.717) is 5.92 Å². The number of aliphatic carboxylic acids is 1. The number of aliphatic hydroxyl groups is 1. The second-order valence-corrected chi connectivity index (χ2v) is 5.54. The number of carbonyl (C=O) groups is 2. The van der Waals surface area contributed by atoms with Gasteiger partial charge in [-0.05, 0) is 17.8 Å². The number of carbonyl (C=O) groups excluding carboxylic acids is 1. The Bertz CT molecular complexity index is 289.